The first-order valence-electron chi connectivity index (χ1n) is 7.28. The molecule has 3 rings (SSSR count). The van der Waals surface area contributed by atoms with Crippen LogP contribution in [0, 0.1) is 5.92 Å². The molecule has 0 spiro atoms. The lowest BCUT2D eigenvalue weighted by Crippen LogP contribution is -2.43. The zero-order valence-electron chi connectivity index (χ0n) is 12.3. The number of nitrogens with zero attached hydrogens (tertiary/aromatic N) is 1. The number of nitrogen functional groups attached to an aromatic ring is 1. The summed E-state index contributed by atoms with van der Waals surface area (Å²) in [6, 6.07) is 5.30. The van der Waals surface area contributed by atoms with E-state index < -0.39 is 10.0 Å². The molecule has 0 saturated carbocycles. The second-order valence-electron chi connectivity index (χ2n) is 6.05. The number of anilines is 1. The highest BCUT2D eigenvalue weighted by molar-refractivity contribution is 7.89. The van der Waals surface area contributed by atoms with Crippen molar-refractivity contribution in [3.05, 3.63) is 24.4 Å². The van der Waals surface area contributed by atoms with E-state index in [9.17, 15) is 8.42 Å². The van der Waals surface area contributed by atoms with Crippen LogP contribution in [0.4, 0.5) is 5.69 Å². The molecule has 6 heteroatoms. The molecular weight excluding hydrogens is 286 g/mol. The van der Waals surface area contributed by atoms with Crippen molar-refractivity contribution in [2.45, 2.75) is 37.6 Å². The van der Waals surface area contributed by atoms with Crippen molar-refractivity contribution in [3.8, 4) is 0 Å². The molecular formula is C15H21N3O2S. The smallest absolute Gasteiger partial charge is 0.245 e. The molecule has 0 radical (unpaired) electrons. The average Bonchev–Trinajstić information content (AvgIpc) is 2.81. The minimum Gasteiger partial charge on any atom is -0.399 e. The van der Waals surface area contributed by atoms with Crippen LogP contribution in [0.3, 0.4) is 0 Å². The lowest BCUT2D eigenvalue weighted by atomic mass is 9.95. The minimum absolute atomic E-state index is 0.0393. The molecule has 2 unspecified atom stereocenters. The molecule has 0 amide bonds. The molecule has 21 heavy (non-hydrogen) atoms. The average molecular weight is 307 g/mol. The zero-order valence-corrected chi connectivity index (χ0v) is 13.2. The van der Waals surface area contributed by atoms with Gasteiger partial charge in [-0.2, -0.15) is 4.31 Å². The predicted octanol–water partition coefficient (Wildman–Crippen LogP) is 2.56. The van der Waals surface area contributed by atoms with Crippen LogP contribution >= 0.6 is 0 Å². The molecule has 3 N–H and O–H groups in total. The molecule has 1 aliphatic heterocycles. The van der Waals surface area contributed by atoms with Crippen molar-refractivity contribution in [2.75, 3.05) is 12.3 Å². The number of piperidine rings is 1. The number of rotatable bonds is 2. The zero-order chi connectivity index (χ0) is 15.2. The van der Waals surface area contributed by atoms with Gasteiger partial charge in [-0.1, -0.05) is 6.92 Å². The maximum atomic E-state index is 12.9. The second kappa shape index (κ2) is 5.03. The fourth-order valence-corrected chi connectivity index (χ4v) is 5.02. The Bertz CT molecular complexity index is 766. The van der Waals surface area contributed by atoms with E-state index in [0.717, 1.165) is 18.4 Å². The summed E-state index contributed by atoms with van der Waals surface area (Å²) in [6.07, 6.45) is 3.40. The quantitative estimate of drug-likeness (QED) is 0.837. The third-order valence-electron chi connectivity index (χ3n) is 4.33. The lowest BCUT2D eigenvalue weighted by molar-refractivity contribution is 0.220. The number of hydrogen-bond donors (Lipinski definition) is 2. The summed E-state index contributed by atoms with van der Waals surface area (Å²) < 4.78 is 27.5. The van der Waals surface area contributed by atoms with Crippen LogP contribution in [0.1, 0.15) is 26.7 Å². The largest absolute Gasteiger partial charge is 0.399 e. The molecule has 2 atom stereocenters. The number of fused-ring (bicyclic) bond motifs is 1. The molecule has 1 aromatic carbocycles. The normalized spacial score (nSPS) is 24.5. The second-order valence-corrected chi connectivity index (χ2v) is 7.91. The first kappa shape index (κ1) is 14.4. The van der Waals surface area contributed by atoms with Gasteiger partial charge in [0, 0.05) is 35.4 Å². The number of hydrogen-bond acceptors (Lipinski definition) is 3. The van der Waals surface area contributed by atoms with E-state index in [1.165, 1.54) is 0 Å². The molecule has 1 aliphatic rings. The van der Waals surface area contributed by atoms with Crippen molar-refractivity contribution in [1.29, 1.82) is 0 Å². The Hall–Kier alpha value is -1.53. The van der Waals surface area contributed by atoms with Crippen LogP contribution in [-0.2, 0) is 10.0 Å². The highest BCUT2D eigenvalue weighted by Gasteiger charge is 2.34. The number of nitrogens with one attached hydrogen (secondary N) is 1. The summed E-state index contributed by atoms with van der Waals surface area (Å²) in [5.74, 6) is 0.578. The Balaban J connectivity index is 2.04. The molecule has 0 aliphatic carbocycles. The highest BCUT2D eigenvalue weighted by Crippen LogP contribution is 2.32. The first-order valence-corrected chi connectivity index (χ1v) is 8.72. The van der Waals surface area contributed by atoms with Gasteiger partial charge in [-0.25, -0.2) is 8.42 Å². The van der Waals surface area contributed by atoms with E-state index in [2.05, 4.69) is 11.9 Å². The summed E-state index contributed by atoms with van der Waals surface area (Å²) in [7, 11) is -3.47. The van der Waals surface area contributed by atoms with Gasteiger partial charge in [-0.05, 0) is 43.9 Å². The van der Waals surface area contributed by atoms with Crippen LogP contribution < -0.4 is 5.73 Å². The number of H-pyrrole nitrogens is 1. The first-order chi connectivity index (χ1) is 9.89. The van der Waals surface area contributed by atoms with E-state index in [1.807, 2.05) is 6.92 Å². The van der Waals surface area contributed by atoms with E-state index in [-0.39, 0.29) is 6.04 Å². The van der Waals surface area contributed by atoms with E-state index in [4.69, 9.17) is 5.73 Å². The molecule has 114 valence electrons. The maximum Gasteiger partial charge on any atom is 0.245 e. The van der Waals surface area contributed by atoms with Gasteiger partial charge in [0.1, 0.15) is 4.90 Å². The summed E-state index contributed by atoms with van der Waals surface area (Å²) >= 11 is 0. The maximum absolute atomic E-state index is 12.9. The lowest BCUT2D eigenvalue weighted by Gasteiger charge is -2.35. The van der Waals surface area contributed by atoms with Gasteiger partial charge in [0.05, 0.1) is 0 Å². The van der Waals surface area contributed by atoms with Crippen molar-refractivity contribution in [2.24, 2.45) is 5.92 Å². The van der Waals surface area contributed by atoms with Gasteiger partial charge in [-0.15, -0.1) is 0 Å². The Labute approximate surface area is 125 Å². The van der Waals surface area contributed by atoms with Gasteiger partial charge in [0.2, 0.25) is 10.0 Å². The highest BCUT2D eigenvalue weighted by atomic mass is 32.2. The van der Waals surface area contributed by atoms with Crippen LogP contribution in [0.5, 0.6) is 0 Å². The predicted molar refractivity (Wildman–Crippen MR) is 84.5 cm³/mol. The monoisotopic (exact) mass is 307 g/mol. The summed E-state index contributed by atoms with van der Waals surface area (Å²) in [4.78, 5) is 3.36. The summed E-state index contributed by atoms with van der Waals surface area (Å²) in [5, 5.41) is 0.704. The minimum atomic E-state index is -3.47. The molecule has 2 heterocycles. The van der Waals surface area contributed by atoms with E-state index in [0.29, 0.717) is 28.4 Å². The Morgan fingerprint density at radius 3 is 2.81 bits per heavy atom. The fourth-order valence-electron chi connectivity index (χ4n) is 3.20. The fraction of sp³-hybridized carbons (Fsp3) is 0.467. The van der Waals surface area contributed by atoms with Crippen LogP contribution in [0.25, 0.3) is 10.9 Å². The standard InChI is InChI=1S/C15H21N3O2S/c1-10-5-6-18(11(2)7-10)21(19,20)15-9-17-14-8-12(16)3-4-13(14)15/h3-4,8-11,17H,5-7,16H2,1-2H3. The molecule has 5 nitrogen and oxygen atoms in total. The van der Waals surface area contributed by atoms with Crippen molar-refractivity contribution in [3.63, 3.8) is 0 Å². The molecule has 2 aromatic rings. The topological polar surface area (TPSA) is 79.2 Å². The van der Waals surface area contributed by atoms with Crippen molar-refractivity contribution in [1.82, 2.24) is 9.29 Å². The molecule has 1 aromatic heterocycles. The van der Waals surface area contributed by atoms with Gasteiger partial charge in [0.15, 0.2) is 0 Å². The number of aromatic amines is 1. The third-order valence-corrected chi connectivity index (χ3v) is 6.39. The molecule has 1 fully saturated rings. The molecule has 1 saturated heterocycles. The Morgan fingerprint density at radius 2 is 2.10 bits per heavy atom. The van der Waals surface area contributed by atoms with Crippen LogP contribution in [0.2, 0.25) is 0 Å². The van der Waals surface area contributed by atoms with Crippen molar-refractivity contribution >= 4 is 26.6 Å². The summed E-state index contributed by atoms with van der Waals surface area (Å²) in [6.45, 7) is 4.75. The van der Waals surface area contributed by atoms with Gasteiger partial charge < -0.3 is 10.7 Å². The Morgan fingerprint density at radius 1 is 1.33 bits per heavy atom. The third kappa shape index (κ3) is 2.42. The molecule has 0 bridgehead atoms. The SMILES string of the molecule is CC1CCN(S(=O)(=O)c2c[nH]c3cc(N)ccc23)C(C)C1. The number of nitrogens with two attached hydrogens (primary N) is 1. The van der Waals surface area contributed by atoms with Gasteiger partial charge in [0.25, 0.3) is 0 Å². The van der Waals surface area contributed by atoms with Crippen LogP contribution in [-0.4, -0.2) is 30.3 Å². The van der Waals surface area contributed by atoms with Gasteiger partial charge in [-0.3, -0.25) is 0 Å². The number of sulfonamides is 1. The Kier molecular flexibility index (Phi) is 3.45. The van der Waals surface area contributed by atoms with E-state index in [1.54, 1.807) is 28.7 Å². The van der Waals surface area contributed by atoms with Gasteiger partial charge >= 0.3 is 0 Å². The number of benzene rings is 1. The van der Waals surface area contributed by atoms with Crippen molar-refractivity contribution < 1.29 is 8.42 Å². The van der Waals surface area contributed by atoms with E-state index >= 15 is 0 Å². The number of aromatic nitrogens is 1. The van der Waals surface area contributed by atoms with Crippen LogP contribution in [0.15, 0.2) is 29.3 Å². The summed E-state index contributed by atoms with van der Waals surface area (Å²) in [5.41, 5.74) is 7.12.